The van der Waals surface area contributed by atoms with E-state index in [0.717, 1.165) is 43.7 Å². The number of aliphatic hydroxyl groups excluding tert-OH is 1. The SMILES string of the molecule is C=CCN(C)C(=O)[C@@H]1[C@@H]2CCC3(S2)C(C(=O)N(CC=C)c2ccc(N(CC)CC)cc2)N(CCCCCO)C(=O)[C@H]13. The normalized spacial score (nSPS) is 26.1. The number of benzene rings is 1. The number of carbonyl (C=O) groups is 3. The molecule has 4 rings (SSSR count). The van der Waals surface area contributed by atoms with Crippen LogP contribution in [0.1, 0.15) is 46.0 Å². The lowest BCUT2D eigenvalue weighted by Crippen LogP contribution is -2.55. The van der Waals surface area contributed by atoms with Gasteiger partial charge < -0.3 is 24.7 Å². The van der Waals surface area contributed by atoms with Crippen LogP contribution in [0, 0.1) is 11.8 Å². The lowest BCUT2D eigenvalue weighted by molar-refractivity contribution is -0.143. The third kappa shape index (κ3) is 5.67. The van der Waals surface area contributed by atoms with E-state index in [1.54, 1.807) is 45.7 Å². The molecule has 1 aromatic rings. The van der Waals surface area contributed by atoms with Gasteiger partial charge in [-0.3, -0.25) is 14.4 Å². The van der Waals surface area contributed by atoms with Gasteiger partial charge in [0.05, 0.1) is 16.6 Å². The predicted molar refractivity (Wildman–Crippen MR) is 167 cm³/mol. The highest BCUT2D eigenvalue weighted by Gasteiger charge is 2.73. The molecule has 1 aromatic carbocycles. The highest BCUT2D eigenvalue weighted by atomic mass is 32.2. The molecular formula is C32H46N4O4S. The highest BCUT2D eigenvalue weighted by molar-refractivity contribution is 8.02. The molecule has 0 saturated carbocycles. The third-order valence-electron chi connectivity index (χ3n) is 9.02. The number of likely N-dealkylation sites (N-methyl/N-ethyl adjacent to an activating group) is 1. The van der Waals surface area contributed by atoms with Gasteiger partial charge in [0.1, 0.15) is 6.04 Å². The second-order valence-electron chi connectivity index (χ2n) is 11.3. The zero-order valence-corrected chi connectivity index (χ0v) is 25.7. The summed E-state index contributed by atoms with van der Waals surface area (Å²) in [6.45, 7) is 15.0. The predicted octanol–water partition coefficient (Wildman–Crippen LogP) is 3.95. The van der Waals surface area contributed by atoms with Crippen molar-refractivity contribution in [3.8, 4) is 0 Å². The highest BCUT2D eigenvalue weighted by Crippen LogP contribution is 2.66. The van der Waals surface area contributed by atoms with Crippen LogP contribution < -0.4 is 9.80 Å². The second-order valence-corrected chi connectivity index (χ2v) is 12.9. The summed E-state index contributed by atoms with van der Waals surface area (Å²) in [5, 5.41) is 9.32. The number of carbonyl (C=O) groups excluding carboxylic acids is 3. The summed E-state index contributed by atoms with van der Waals surface area (Å²) in [5.74, 6) is -1.19. The van der Waals surface area contributed by atoms with Crippen LogP contribution in [0.5, 0.6) is 0 Å². The summed E-state index contributed by atoms with van der Waals surface area (Å²) < 4.78 is -0.633. The minimum Gasteiger partial charge on any atom is -0.396 e. The maximum atomic E-state index is 14.7. The third-order valence-corrected chi connectivity index (χ3v) is 11.0. The lowest BCUT2D eigenvalue weighted by Gasteiger charge is -2.37. The first-order valence-electron chi connectivity index (χ1n) is 15.0. The van der Waals surface area contributed by atoms with E-state index in [1.165, 1.54) is 0 Å². The molecule has 0 aliphatic carbocycles. The van der Waals surface area contributed by atoms with E-state index in [9.17, 15) is 19.5 Å². The summed E-state index contributed by atoms with van der Waals surface area (Å²) in [6.07, 6.45) is 7.09. The van der Waals surface area contributed by atoms with Crippen LogP contribution in [0.2, 0.25) is 0 Å². The van der Waals surface area contributed by atoms with Gasteiger partial charge in [0.15, 0.2) is 0 Å². The van der Waals surface area contributed by atoms with E-state index in [4.69, 9.17) is 0 Å². The number of unbranched alkanes of at least 4 members (excludes halogenated alkanes) is 2. The minimum absolute atomic E-state index is 0.0248. The largest absolute Gasteiger partial charge is 0.396 e. The molecule has 3 amide bonds. The van der Waals surface area contributed by atoms with Crippen molar-refractivity contribution in [3.05, 3.63) is 49.6 Å². The van der Waals surface area contributed by atoms with Crippen LogP contribution in [0.15, 0.2) is 49.6 Å². The number of fused-ring (bicyclic) bond motifs is 1. The average molecular weight is 583 g/mol. The van der Waals surface area contributed by atoms with Gasteiger partial charge >= 0.3 is 0 Å². The van der Waals surface area contributed by atoms with Crippen molar-refractivity contribution < 1.29 is 19.5 Å². The van der Waals surface area contributed by atoms with Gasteiger partial charge in [-0.2, -0.15) is 0 Å². The topological polar surface area (TPSA) is 84.4 Å². The van der Waals surface area contributed by atoms with Crippen LogP contribution in [0.3, 0.4) is 0 Å². The molecule has 5 atom stereocenters. The molecule has 0 radical (unpaired) electrons. The van der Waals surface area contributed by atoms with Crippen molar-refractivity contribution >= 4 is 40.9 Å². The number of rotatable bonds is 15. The van der Waals surface area contributed by atoms with Crippen molar-refractivity contribution in [2.75, 3.05) is 56.2 Å². The van der Waals surface area contributed by atoms with Crippen LogP contribution in [-0.2, 0) is 14.4 Å². The van der Waals surface area contributed by atoms with Crippen molar-refractivity contribution in [2.45, 2.75) is 62.0 Å². The zero-order chi connectivity index (χ0) is 29.7. The summed E-state index contributed by atoms with van der Waals surface area (Å²) >= 11 is 1.70. The van der Waals surface area contributed by atoms with Crippen molar-refractivity contribution in [3.63, 3.8) is 0 Å². The Balaban J connectivity index is 1.71. The summed E-state index contributed by atoms with van der Waals surface area (Å²) in [5.41, 5.74) is 1.87. The fraction of sp³-hybridized carbons (Fsp3) is 0.594. The first-order valence-corrected chi connectivity index (χ1v) is 15.9. The summed E-state index contributed by atoms with van der Waals surface area (Å²) in [6, 6.07) is 7.37. The molecule has 3 aliphatic rings. The number of aliphatic hydroxyl groups is 1. The molecular weight excluding hydrogens is 536 g/mol. The van der Waals surface area contributed by atoms with E-state index in [0.29, 0.717) is 32.5 Å². The van der Waals surface area contributed by atoms with Crippen molar-refractivity contribution in [1.29, 1.82) is 0 Å². The van der Waals surface area contributed by atoms with Crippen LogP contribution in [-0.4, -0.2) is 95.0 Å². The molecule has 9 heteroatoms. The number of hydrogen-bond donors (Lipinski definition) is 1. The number of nitrogens with zero attached hydrogens (tertiary/aromatic N) is 4. The first-order chi connectivity index (χ1) is 19.8. The van der Waals surface area contributed by atoms with Gasteiger partial charge in [-0.1, -0.05) is 12.2 Å². The Morgan fingerprint density at radius 1 is 1.05 bits per heavy atom. The fourth-order valence-electron chi connectivity index (χ4n) is 7.09. The Hall–Kier alpha value is -2.78. The van der Waals surface area contributed by atoms with E-state index < -0.39 is 22.6 Å². The summed E-state index contributed by atoms with van der Waals surface area (Å²) in [7, 11) is 1.76. The zero-order valence-electron chi connectivity index (χ0n) is 24.8. The first kappa shape index (κ1) is 31.2. The second kappa shape index (κ2) is 13.5. The number of amides is 3. The number of anilines is 2. The molecule has 2 unspecified atom stereocenters. The fourth-order valence-corrected chi connectivity index (χ4v) is 9.30. The van der Waals surface area contributed by atoms with E-state index in [2.05, 4.69) is 31.9 Å². The quantitative estimate of drug-likeness (QED) is 0.249. The van der Waals surface area contributed by atoms with Crippen molar-refractivity contribution in [1.82, 2.24) is 9.80 Å². The monoisotopic (exact) mass is 582 g/mol. The summed E-state index contributed by atoms with van der Waals surface area (Å²) in [4.78, 5) is 50.0. The average Bonchev–Trinajstić information content (AvgIpc) is 3.62. The Bertz CT molecular complexity index is 1120. The molecule has 8 nitrogen and oxygen atoms in total. The molecule has 3 aliphatic heterocycles. The molecule has 0 aromatic heterocycles. The van der Waals surface area contributed by atoms with Crippen LogP contribution >= 0.6 is 11.8 Å². The van der Waals surface area contributed by atoms with E-state index >= 15 is 0 Å². The molecule has 3 fully saturated rings. The molecule has 1 N–H and O–H groups in total. The van der Waals surface area contributed by atoms with Gasteiger partial charge in [0.25, 0.3) is 5.91 Å². The Labute approximate surface area is 249 Å². The standard InChI is InChI=1S/C32H46N4O4S/c1-6-19-33(5)29(38)26-25-17-18-32(41-25)27(26)30(39)36(21-11-10-12-22-37)28(32)31(40)35(20-7-2)24-15-13-23(14-16-24)34(8-3)9-4/h6-7,13-16,25-28,37H,1-2,8-12,17-22H2,3-5H3/t25-,26+,27-,28?,32?/m0/s1. The minimum atomic E-state index is -0.658. The molecule has 1 spiro atoms. The molecule has 2 bridgehead atoms. The van der Waals surface area contributed by atoms with Gasteiger partial charge in [0.2, 0.25) is 11.8 Å². The molecule has 224 valence electrons. The Kier molecular flexibility index (Phi) is 10.2. The number of likely N-dealkylation sites (tertiary alicyclic amines) is 1. The lowest BCUT2D eigenvalue weighted by atomic mass is 9.70. The van der Waals surface area contributed by atoms with Crippen LogP contribution in [0.25, 0.3) is 0 Å². The van der Waals surface area contributed by atoms with E-state index in [1.807, 2.05) is 24.3 Å². The molecule has 3 saturated heterocycles. The van der Waals surface area contributed by atoms with Crippen molar-refractivity contribution in [2.24, 2.45) is 11.8 Å². The number of hydrogen-bond acceptors (Lipinski definition) is 6. The number of thioether (sulfide) groups is 1. The van der Waals surface area contributed by atoms with Gasteiger partial charge in [-0.15, -0.1) is 24.9 Å². The maximum Gasteiger partial charge on any atom is 0.251 e. The Morgan fingerprint density at radius 2 is 1.71 bits per heavy atom. The van der Waals surface area contributed by atoms with E-state index in [-0.39, 0.29) is 29.6 Å². The maximum absolute atomic E-state index is 14.7. The van der Waals surface area contributed by atoms with Gasteiger partial charge in [-0.25, -0.2) is 0 Å². The van der Waals surface area contributed by atoms with Gasteiger partial charge in [0, 0.05) is 63.0 Å². The van der Waals surface area contributed by atoms with Crippen LogP contribution in [0.4, 0.5) is 11.4 Å². The molecule has 3 heterocycles. The Morgan fingerprint density at radius 3 is 2.32 bits per heavy atom. The van der Waals surface area contributed by atoms with Gasteiger partial charge in [-0.05, 0) is 70.2 Å². The molecule has 41 heavy (non-hydrogen) atoms. The smallest absolute Gasteiger partial charge is 0.251 e.